The van der Waals surface area contributed by atoms with Crippen LogP contribution in [-0.2, 0) is 4.79 Å². The van der Waals surface area contributed by atoms with Gasteiger partial charge in [0.25, 0.3) is 0 Å². The van der Waals surface area contributed by atoms with Gasteiger partial charge in [-0.25, -0.2) is 0 Å². The molecule has 1 aromatic rings. The molecule has 3 N–H and O–H groups in total. The van der Waals surface area contributed by atoms with Crippen molar-refractivity contribution in [3.63, 3.8) is 0 Å². The first-order valence-electron chi connectivity index (χ1n) is 6.64. The van der Waals surface area contributed by atoms with Crippen molar-refractivity contribution in [1.82, 2.24) is 0 Å². The Labute approximate surface area is 115 Å². The van der Waals surface area contributed by atoms with Gasteiger partial charge in [-0.05, 0) is 24.0 Å². The van der Waals surface area contributed by atoms with Crippen LogP contribution in [0.4, 0.5) is 5.69 Å². The third kappa shape index (κ3) is 4.91. The van der Waals surface area contributed by atoms with Gasteiger partial charge in [-0.15, -0.1) is 0 Å². The second kappa shape index (κ2) is 6.57. The molecule has 4 heteroatoms. The number of carbonyl (C=O) groups is 1. The van der Waals surface area contributed by atoms with Gasteiger partial charge in [0.05, 0.1) is 12.6 Å². The highest BCUT2D eigenvalue weighted by Gasteiger charge is 2.27. The highest BCUT2D eigenvalue weighted by atomic mass is 16.5. The summed E-state index contributed by atoms with van der Waals surface area (Å²) in [6, 6.07) is 6.81. The smallest absolute Gasteiger partial charge is 0.241 e. The van der Waals surface area contributed by atoms with Gasteiger partial charge in [0.2, 0.25) is 5.91 Å². The van der Waals surface area contributed by atoms with Gasteiger partial charge in [0.15, 0.2) is 0 Å². The maximum Gasteiger partial charge on any atom is 0.241 e. The van der Waals surface area contributed by atoms with Crippen molar-refractivity contribution < 1.29 is 9.53 Å². The summed E-state index contributed by atoms with van der Waals surface area (Å²) in [5.74, 6) is 0.573. The number of nitrogens with two attached hydrogens (primary N) is 1. The molecule has 0 aliphatic rings. The van der Waals surface area contributed by atoms with Crippen LogP contribution in [-0.4, -0.2) is 18.6 Å². The molecule has 106 valence electrons. The summed E-state index contributed by atoms with van der Waals surface area (Å²) in [4.78, 5) is 12.0. The molecule has 0 aliphatic heterocycles. The van der Waals surface area contributed by atoms with Crippen LogP contribution >= 0.6 is 0 Å². The number of carbonyl (C=O) groups excluding carboxylic acids is 1. The molecule has 0 aliphatic carbocycles. The number of anilines is 1. The highest BCUT2D eigenvalue weighted by Crippen LogP contribution is 2.21. The monoisotopic (exact) mass is 264 g/mol. The molecule has 0 bridgehead atoms. The normalized spacial score (nSPS) is 12.9. The third-order valence-corrected chi connectivity index (χ3v) is 2.79. The Morgan fingerprint density at radius 1 is 1.42 bits per heavy atom. The Bertz CT molecular complexity index is 424. The Hall–Kier alpha value is -1.55. The topological polar surface area (TPSA) is 64.3 Å². The Balaban J connectivity index is 2.69. The molecular weight excluding hydrogens is 240 g/mol. The fraction of sp³-hybridized carbons (Fsp3) is 0.533. The van der Waals surface area contributed by atoms with Crippen LogP contribution in [0.1, 0.15) is 34.1 Å². The van der Waals surface area contributed by atoms with Gasteiger partial charge in [0.1, 0.15) is 5.75 Å². The standard InChI is InChI=1S/C15H24N2O2/c1-5-9-19-12-8-6-7-11(10-12)17-14(18)13(16)15(2,3)4/h6-8,10,13H,5,9,16H2,1-4H3,(H,17,18)/t13-/m1/s1. The fourth-order valence-corrected chi connectivity index (χ4v) is 1.50. The van der Waals surface area contributed by atoms with Crippen LogP contribution in [0.3, 0.4) is 0 Å². The van der Waals surface area contributed by atoms with Crippen LogP contribution < -0.4 is 15.8 Å². The van der Waals surface area contributed by atoms with E-state index in [1.807, 2.05) is 52.0 Å². The zero-order valence-corrected chi connectivity index (χ0v) is 12.2. The Morgan fingerprint density at radius 3 is 2.68 bits per heavy atom. The van der Waals surface area contributed by atoms with Crippen LogP contribution in [0, 0.1) is 5.41 Å². The van der Waals surface area contributed by atoms with Crippen molar-refractivity contribution >= 4 is 11.6 Å². The molecule has 0 unspecified atom stereocenters. The van der Waals surface area contributed by atoms with Crippen LogP contribution in [0.5, 0.6) is 5.75 Å². The van der Waals surface area contributed by atoms with Crippen LogP contribution in [0.15, 0.2) is 24.3 Å². The van der Waals surface area contributed by atoms with Crippen molar-refractivity contribution in [1.29, 1.82) is 0 Å². The van der Waals surface area contributed by atoms with Gasteiger partial charge in [0, 0.05) is 11.8 Å². The van der Waals surface area contributed by atoms with Gasteiger partial charge >= 0.3 is 0 Å². The number of amides is 1. The summed E-state index contributed by atoms with van der Waals surface area (Å²) in [7, 11) is 0. The van der Waals surface area contributed by atoms with Crippen molar-refractivity contribution in [2.24, 2.45) is 11.1 Å². The van der Waals surface area contributed by atoms with Crippen molar-refractivity contribution in [3.05, 3.63) is 24.3 Å². The first kappa shape index (κ1) is 15.5. The molecule has 0 saturated carbocycles. The number of rotatable bonds is 5. The van der Waals surface area contributed by atoms with Crippen molar-refractivity contribution in [2.45, 2.75) is 40.2 Å². The minimum Gasteiger partial charge on any atom is -0.494 e. The molecule has 0 heterocycles. The van der Waals surface area contributed by atoms with Crippen molar-refractivity contribution in [3.8, 4) is 5.75 Å². The SMILES string of the molecule is CCCOc1cccc(NC(=O)[C@@H](N)C(C)(C)C)c1. The zero-order valence-electron chi connectivity index (χ0n) is 12.2. The molecule has 0 fully saturated rings. The molecule has 0 aromatic heterocycles. The predicted octanol–water partition coefficient (Wildman–Crippen LogP) is 2.79. The van der Waals surface area contributed by atoms with Crippen LogP contribution in [0.2, 0.25) is 0 Å². The third-order valence-electron chi connectivity index (χ3n) is 2.79. The van der Waals surface area contributed by atoms with E-state index in [1.54, 1.807) is 0 Å². The van der Waals surface area contributed by atoms with Gasteiger partial charge in [-0.1, -0.05) is 33.8 Å². The molecular formula is C15H24N2O2. The predicted molar refractivity (Wildman–Crippen MR) is 78.3 cm³/mol. The molecule has 4 nitrogen and oxygen atoms in total. The lowest BCUT2D eigenvalue weighted by Crippen LogP contribution is -2.45. The van der Waals surface area contributed by atoms with E-state index in [0.29, 0.717) is 12.3 Å². The zero-order chi connectivity index (χ0) is 14.5. The summed E-state index contributed by atoms with van der Waals surface area (Å²) >= 11 is 0. The lowest BCUT2D eigenvalue weighted by atomic mass is 9.87. The number of hydrogen-bond donors (Lipinski definition) is 2. The highest BCUT2D eigenvalue weighted by molar-refractivity contribution is 5.95. The molecule has 0 spiro atoms. The number of hydrogen-bond acceptors (Lipinski definition) is 3. The molecule has 1 rings (SSSR count). The van der Waals surface area contributed by atoms with E-state index < -0.39 is 6.04 Å². The summed E-state index contributed by atoms with van der Waals surface area (Å²) in [6.45, 7) is 8.54. The number of benzene rings is 1. The van der Waals surface area contributed by atoms with E-state index in [1.165, 1.54) is 0 Å². The molecule has 1 amide bonds. The van der Waals surface area contributed by atoms with E-state index in [9.17, 15) is 4.79 Å². The Kier molecular flexibility index (Phi) is 5.36. The fourth-order valence-electron chi connectivity index (χ4n) is 1.50. The number of ether oxygens (including phenoxy) is 1. The van der Waals surface area contributed by atoms with E-state index in [-0.39, 0.29) is 11.3 Å². The second-order valence-electron chi connectivity index (χ2n) is 5.71. The summed E-state index contributed by atoms with van der Waals surface area (Å²) in [5, 5.41) is 2.82. The molecule has 1 aromatic carbocycles. The molecule has 0 saturated heterocycles. The Morgan fingerprint density at radius 2 is 2.11 bits per heavy atom. The minimum absolute atomic E-state index is 0.180. The quantitative estimate of drug-likeness (QED) is 0.859. The van der Waals surface area contributed by atoms with Gasteiger partial charge in [-0.3, -0.25) is 4.79 Å². The van der Waals surface area contributed by atoms with Crippen molar-refractivity contribution in [2.75, 3.05) is 11.9 Å². The average molecular weight is 264 g/mol. The lowest BCUT2D eigenvalue weighted by Gasteiger charge is -2.25. The second-order valence-corrected chi connectivity index (χ2v) is 5.71. The summed E-state index contributed by atoms with van der Waals surface area (Å²) in [6.07, 6.45) is 0.950. The maximum atomic E-state index is 12.0. The van der Waals surface area contributed by atoms with E-state index >= 15 is 0 Å². The molecule has 19 heavy (non-hydrogen) atoms. The largest absolute Gasteiger partial charge is 0.494 e. The summed E-state index contributed by atoms with van der Waals surface area (Å²) in [5.41, 5.74) is 6.36. The molecule has 0 radical (unpaired) electrons. The maximum absolute atomic E-state index is 12.0. The van der Waals surface area contributed by atoms with E-state index in [0.717, 1.165) is 12.2 Å². The van der Waals surface area contributed by atoms with E-state index in [4.69, 9.17) is 10.5 Å². The van der Waals surface area contributed by atoms with Gasteiger partial charge in [-0.2, -0.15) is 0 Å². The van der Waals surface area contributed by atoms with Crippen LogP contribution in [0.25, 0.3) is 0 Å². The molecule has 1 atom stereocenters. The lowest BCUT2D eigenvalue weighted by molar-refractivity contribution is -0.119. The summed E-state index contributed by atoms with van der Waals surface area (Å²) < 4.78 is 5.52. The van der Waals surface area contributed by atoms with Gasteiger partial charge < -0.3 is 15.8 Å². The minimum atomic E-state index is -0.548. The van der Waals surface area contributed by atoms with E-state index in [2.05, 4.69) is 5.32 Å². The average Bonchev–Trinajstić information content (AvgIpc) is 2.34. The number of nitrogens with one attached hydrogen (secondary N) is 1. The first-order valence-corrected chi connectivity index (χ1v) is 6.64. The first-order chi connectivity index (χ1) is 8.84.